The summed E-state index contributed by atoms with van der Waals surface area (Å²) in [5, 5.41) is 12.2. The van der Waals surface area contributed by atoms with Crippen LogP contribution >= 0.6 is 23.1 Å². The van der Waals surface area contributed by atoms with Crippen molar-refractivity contribution < 1.29 is 14.3 Å². The fraction of sp³-hybridized carbons (Fsp3) is 0.211. The molecular weight excluding hydrogens is 382 g/mol. The maximum Gasteiger partial charge on any atom is 0.236 e. The van der Waals surface area contributed by atoms with Crippen LogP contribution in [0.15, 0.2) is 48.5 Å². The summed E-state index contributed by atoms with van der Waals surface area (Å²) in [6, 6.07) is 15.4. The zero-order chi connectivity index (χ0) is 19.1. The highest BCUT2D eigenvalue weighted by Gasteiger charge is 2.10. The molecule has 0 aliphatic rings. The number of nitrogens with one attached hydrogen (secondary N) is 1. The fourth-order valence-corrected chi connectivity index (χ4v) is 3.82. The monoisotopic (exact) mass is 401 g/mol. The lowest BCUT2D eigenvalue weighted by Crippen LogP contribution is -2.13. The summed E-state index contributed by atoms with van der Waals surface area (Å²) < 4.78 is 10.3. The summed E-state index contributed by atoms with van der Waals surface area (Å²) in [5.74, 6) is 2.62. The second-order valence-corrected chi connectivity index (χ2v) is 7.49. The largest absolute Gasteiger partial charge is 0.497 e. The van der Waals surface area contributed by atoms with Crippen LogP contribution in [-0.2, 0) is 10.5 Å². The van der Waals surface area contributed by atoms with Crippen molar-refractivity contribution in [2.75, 3.05) is 25.3 Å². The molecule has 0 bridgehead atoms. The van der Waals surface area contributed by atoms with Gasteiger partial charge >= 0.3 is 0 Å². The van der Waals surface area contributed by atoms with Crippen molar-refractivity contribution >= 4 is 34.1 Å². The van der Waals surface area contributed by atoms with Crippen molar-refractivity contribution in [3.05, 3.63) is 54.1 Å². The predicted molar refractivity (Wildman–Crippen MR) is 110 cm³/mol. The van der Waals surface area contributed by atoms with Gasteiger partial charge in [-0.15, -0.1) is 22.0 Å². The van der Waals surface area contributed by atoms with Gasteiger partial charge in [0.25, 0.3) is 0 Å². The quantitative estimate of drug-likeness (QED) is 0.613. The van der Waals surface area contributed by atoms with Gasteiger partial charge in [0.1, 0.15) is 16.5 Å². The molecule has 0 aliphatic heterocycles. The lowest BCUT2D eigenvalue weighted by atomic mass is 10.2. The number of amides is 1. The highest BCUT2D eigenvalue weighted by molar-refractivity contribution is 7.99. The summed E-state index contributed by atoms with van der Waals surface area (Å²) in [6.45, 7) is 0. The normalized spacial score (nSPS) is 10.4. The third-order valence-corrected chi connectivity index (χ3v) is 5.56. The topological polar surface area (TPSA) is 73.3 Å². The van der Waals surface area contributed by atoms with Gasteiger partial charge in [0.2, 0.25) is 11.0 Å². The van der Waals surface area contributed by atoms with E-state index >= 15 is 0 Å². The number of benzene rings is 2. The minimum absolute atomic E-state index is 0.0917. The molecule has 6 nitrogen and oxygen atoms in total. The van der Waals surface area contributed by atoms with Gasteiger partial charge in [-0.05, 0) is 42.0 Å². The first kappa shape index (κ1) is 19.2. The standard InChI is InChI=1S/C19H19N3O3S2/c1-24-15-7-3-13(4-8-15)11-26-12-17(23)20-19-22-21-18(27-19)14-5-9-16(25-2)10-6-14/h3-10H,11-12H2,1-2H3,(H,20,22,23). The summed E-state index contributed by atoms with van der Waals surface area (Å²) in [6.07, 6.45) is 0. The van der Waals surface area contributed by atoms with E-state index in [4.69, 9.17) is 9.47 Å². The SMILES string of the molecule is COc1ccc(CSCC(=O)Nc2nnc(-c3ccc(OC)cc3)s2)cc1. The number of methoxy groups -OCH3 is 2. The van der Waals surface area contributed by atoms with E-state index in [0.717, 1.165) is 33.4 Å². The summed E-state index contributed by atoms with van der Waals surface area (Å²) in [7, 11) is 3.27. The molecule has 1 amide bonds. The maximum atomic E-state index is 12.1. The molecule has 140 valence electrons. The van der Waals surface area contributed by atoms with Crippen LogP contribution in [0.2, 0.25) is 0 Å². The zero-order valence-electron chi connectivity index (χ0n) is 15.0. The number of rotatable bonds is 8. The molecule has 0 radical (unpaired) electrons. The molecular formula is C19H19N3O3S2. The average molecular weight is 402 g/mol. The van der Waals surface area contributed by atoms with Crippen molar-refractivity contribution in [3.63, 3.8) is 0 Å². The van der Waals surface area contributed by atoms with E-state index in [0.29, 0.717) is 10.9 Å². The second-order valence-electron chi connectivity index (χ2n) is 5.53. The lowest BCUT2D eigenvalue weighted by Gasteiger charge is -2.04. The highest BCUT2D eigenvalue weighted by atomic mass is 32.2. The van der Waals surface area contributed by atoms with Gasteiger partial charge in [-0.1, -0.05) is 23.5 Å². The Morgan fingerprint density at radius 3 is 2.26 bits per heavy atom. The number of hydrogen-bond acceptors (Lipinski definition) is 7. The van der Waals surface area contributed by atoms with Gasteiger partial charge in [0.05, 0.1) is 20.0 Å². The Hall–Kier alpha value is -2.58. The molecule has 8 heteroatoms. The van der Waals surface area contributed by atoms with Crippen LogP contribution in [-0.4, -0.2) is 36.1 Å². The van der Waals surface area contributed by atoms with E-state index < -0.39 is 0 Å². The second kappa shape index (κ2) is 9.38. The number of aromatic nitrogens is 2. The summed E-state index contributed by atoms with van der Waals surface area (Å²) in [4.78, 5) is 12.1. The first-order valence-corrected chi connectivity index (χ1v) is 10.1. The zero-order valence-corrected chi connectivity index (χ0v) is 16.6. The molecule has 0 unspecified atom stereocenters. The van der Waals surface area contributed by atoms with Gasteiger partial charge in [-0.25, -0.2) is 0 Å². The van der Waals surface area contributed by atoms with Crippen molar-refractivity contribution in [1.29, 1.82) is 0 Å². The number of carbonyl (C=O) groups is 1. The molecule has 0 saturated carbocycles. The van der Waals surface area contributed by atoms with Crippen molar-refractivity contribution in [2.24, 2.45) is 0 Å². The Bertz CT molecular complexity index is 880. The third-order valence-electron chi connectivity index (χ3n) is 3.67. The van der Waals surface area contributed by atoms with E-state index in [2.05, 4.69) is 15.5 Å². The molecule has 3 rings (SSSR count). The van der Waals surface area contributed by atoms with Crippen molar-refractivity contribution in [2.45, 2.75) is 5.75 Å². The van der Waals surface area contributed by atoms with E-state index in [1.807, 2.05) is 48.5 Å². The van der Waals surface area contributed by atoms with Crippen LogP contribution in [0.5, 0.6) is 11.5 Å². The number of nitrogens with zero attached hydrogens (tertiary/aromatic N) is 2. The van der Waals surface area contributed by atoms with Crippen LogP contribution in [0.4, 0.5) is 5.13 Å². The van der Waals surface area contributed by atoms with Gasteiger partial charge < -0.3 is 9.47 Å². The number of hydrogen-bond donors (Lipinski definition) is 1. The molecule has 0 aliphatic carbocycles. The molecule has 0 atom stereocenters. The molecule has 0 fully saturated rings. The third kappa shape index (κ3) is 5.45. The molecule has 1 N–H and O–H groups in total. The van der Waals surface area contributed by atoms with Crippen LogP contribution in [0.3, 0.4) is 0 Å². The summed E-state index contributed by atoms with van der Waals surface area (Å²) >= 11 is 2.89. The van der Waals surface area contributed by atoms with Crippen molar-refractivity contribution in [3.8, 4) is 22.1 Å². The number of anilines is 1. The van der Waals surface area contributed by atoms with E-state index in [1.165, 1.54) is 11.3 Å². The van der Waals surface area contributed by atoms with Crippen LogP contribution in [0.25, 0.3) is 10.6 Å². The van der Waals surface area contributed by atoms with Crippen LogP contribution < -0.4 is 14.8 Å². The molecule has 27 heavy (non-hydrogen) atoms. The van der Waals surface area contributed by atoms with E-state index in [9.17, 15) is 4.79 Å². The molecule has 0 spiro atoms. The minimum atomic E-state index is -0.0917. The van der Waals surface area contributed by atoms with E-state index in [-0.39, 0.29) is 5.91 Å². The maximum absolute atomic E-state index is 12.1. The average Bonchev–Trinajstić information content (AvgIpc) is 3.17. The van der Waals surface area contributed by atoms with Crippen LogP contribution in [0.1, 0.15) is 5.56 Å². The first-order chi connectivity index (χ1) is 13.2. The van der Waals surface area contributed by atoms with E-state index in [1.54, 1.807) is 26.0 Å². The van der Waals surface area contributed by atoms with Gasteiger partial charge in [0.15, 0.2) is 0 Å². The van der Waals surface area contributed by atoms with Crippen molar-refractivity contribution in [1.82, 2.24) is 10.2 Å². The molecule has 3 aromatic rings. The Morgan fingerprint density at radius 2 is 1.63 bits per heavy atom. The molecule has 2 aromatic carbocycles. The van der Waals surface area contributed by atoms with Crippen LogP contribution in [0, 0.1) is 0 Å². The van der Waals surface area contributed by atoms with Gasteiger partial charge in [-0.3, -0.25) is 10.1 Å². The number of thioether (sulfide) groups is 1. The first-order valence-electron chi connectivity index (χ1n) is 8.16. The van der Waals surface area contributed by atoms with Gasteiger partial charge in [0, 0.05) is 11.3 Å². The smallest absolute Gasteiger partial charge is 0.236 e. The minimum Gasteiger partial charge on any atom is -0.497 e. The number of carbonyl (C=O) groups excluding carboxylic acids is 1. The molecule has 1 aromatic heterocycles. The Morgan fingerprint density at radius 1 is 1.00 bits per heavy atom. The fourth-order valence-electron chi connectivity index (χ4n) is 2.26. The Kier molecular flexibility index (Phi) is 6.67. The Balaban J connectivity index is 1.48. The highest BCUT2D eigenvalue weighted by Crippen LogP contribution is 2.28. The molecule has 1 heterocycles. The summed E-state index contributed by atoms with van der Waals surface area (Å²) in [5.41, 5.74) is 2.08. The Labute approximate surface area is 165 Å². The lowest BCUT2D eigenvalue weighted by molar-refractivity contribution is -0.113. The van der Waals surface area contributed by atoms with Gasteiger partial charge in [-0.2, -0.15) is 0 Å². The number of ether oxygens (including phenoxy) is 2. The molecule has 0 saturated heterocycles. The predicted octanol–water partition coefficient (Wildman–Crippen LogP) is 4.09.